The monoisotopic (exact) mass is 187 g/mol. The van der Waals surface area contributed by atoms with Crippen molar-refractivity contribution in [3.8, 4) is 0 Å². The van der Waals surface area contributed by atoms with E-state index in [0.29, 0.717) is 6.04 Å². The molecule has 0 spiro atoms. The Bertz CT molecular complexity index is 375. The van der Waals surface area contributed by atoms with Crippen LogP contribution < -0.4 is 5.73 Å². The van der Waals surface area contributed by atoms with Gasteiger partial charge in [0.25, 0.3) is 0 Å². The molecule has 3 atom stereocenters. The molecule has 0 aliphatic heterocycles. The fraction of sp³-hybridized carbons (Fsp3) is 0.692. The molecule has 14 heavy (non-hydrogen) atoms. The minimum absolute atomic E-state index is 0.484. The van der Waals surface area contributed by atoms with Gasteiger partial charge in [-0.05, 0) is 55.6 Å². The van der Waals surface area contributed by atoms with Crippen molar-refractivity contribution < 1.29 is 0 Å². The SMILES string of the molecule is NC1CC[C@H]2C3=C(CC3)C3=C2[C@H]1CC3. The van der Waals surface area contributed by atoms with Crippen LogP contribution in [0.2, 0.25) is 0 Å². The Morgan fingerprint density at radius 2 is 1.86 bits per heavy atom. The Morgan fingerprint density at radius 3 is 2.64 bits per heavy atom. The van der Waals surface area contributed by atoms with Crippen LogP contribution in [0.4, 0.5) is 0 Å². The maximum atomic E-state index is 6.23. The van der Waals surface area contributed by atoms with Crippen LogP contribution in [0.5, 0.6) is 0 Å². The van der Waals surface area contributed by atoms with Gasteiger partial charge in [-0.2, -0.15) is 0 Å². The Labute approximate surface area is 85.1 Å². The van der Waals surface area contributed by atoms with Crippen LogP contribution >= 0.6 is 0 Å². The van der Waals surface area contributed by atoms with E-state index in [1.165, 1.54) is 38.5 Å². The Balaban J connectivity index is 1.86. The predicted octanol–water partition coefficient (Wildman–Crippen LogP) is 2.53. The summed E-state index contributed by atoms with van der Waals surface area (Å²) in [7, 11) is 0. The number of rotatable bonds is 0. The summed E-state index contributed by atoms with van der Waals surface area (Å²) < 4.78 is 0. The van der Waals surface area contributed by atoms with E-state index in [1.54, 1.807) is 11.1 Å². The van der Waals surface area contributed by atoms with Gasteiger partial charge in [0.15, 0.2) is 0 Å². The molecule has 0 aromatic carbocycles. The number of nitrogens with two attached hydrogens (primary N) is 1. The summed E-state index contributed by atoms with van der Waals surface area (Å²) in [6.07, 6.45) is 8.11. The van der Waals surface area contributed by atoms with Crippen LogP contribution in [0, 0.1) is 11.8 Å². The molecule has 4 aliphatic rings. The van der Waals surface area contributed by atoms with Gasteiger partial charge in [0.2, 0.25) is 0 Å². The fourth-order valence-electron chi connectivity index (χ4n) is 4.26. The van der Waals surface area contributed by atoms with Gasteiger partial charge in [0.05, 0.1) is 0 Å². The van der Waals surface area contributed by atoms with Crippen LogP contribution in [0.25, 0.3) is 0 Å². The lowest BCUT2D eigenvalue weighted by Crippen LogP contribution is -2.36. The lowest BCUT2D eigenvalue weighted by molar-refractivity contribution is 0.342. The van der Waals surface area contributed by atoms with Gasteiger partial charge < -0.3 is 5.73 Å². The number of allylic oxidation sites excluding steroid dienone is 3. The zero-order chi connectivity index (χ0) is 9.28. The molecule has 1 unspecified atom stereocenters. The summed E-state index contributed by atoms with van der Waals surface area (Å²) in [5.41, 5.74) is 13.4. The second kappa shape index (κ2) is 2.33. The predicted molar refractivity (Wildman–Crippen MR) is 56.7 cm³/mol. The van der Waals surface area contributed by atoms with Crippen LogP contribution in [0.3, 0.4) is 0 Å². The molecule has 0 radical (unpaired) electrons. The maximum Gasteiger partial charge on any atom is 0.0105 e. The summed E-state index contributed by atoms with van der Waals surface area (Å²) >= 11 is 0. The Hall–Kier alpha value is -0.560. The van der Waals surface area contributed by atoms with Gasteiger partial charge in [-0.25, -0.2) is 0 Å². The lowest BCUT2D eigenvalue weighted by Gasteiger charge is -2.35. The van der Waals surface area contributed by atoms with Crippen LogP contribution in [-0.4, -0.2) is 6.04 Å². The van der Waals surface area contributed by atoms with E-state index in [1.807, 2.05) is 11.1 Å². The highest BCUT2D eigenvalue weighted by atomic mass is 14.7. The summed E-state index contributed by atoms with van der Waals surface area (Å²) in [6.45, 7) is 0. The molecule has 1 fully saturated rings. The summed E-state index contributed by atoms with van der Waals surface area (Å²) in [4.78, 5) is 0. The lowest BCUT2D eigenvalue weighted by atomic mass is 9.71. The van der Waals surface area contributed by atoms with Gasteiger partial charge in [0.1, 0.15) is 0 Å². The van der Waals surface area contributed by atoms with E-state index >= 15 is 0 Å². The number of hydrogen-bond acceptors (Lipinski definition) is 1. The zero-order valence-corrected chi connectivity index (χ0v) is 8.55. The molecular weight excluding hydrogens is 170 g/mol. The normalized spacial score (nSPS) is 43.9. The standard InChI is InChI=1S/C13H17N/c14-12-6-5-10-8-2-1-7(8)9-3-4-11(12)13(9)10/h10-12H,1-6,14H2/t10-,11-,12?/m0/s1. The molecule has 0 aromatic rings. The summed E-state index contributed by atoms with van der Waals surface area (Å²) in [6, 6.07) is 0.484. The second-order valence-corrected chi connectivity index (χ2v) is 5.38. The Morgan fingerprint density at radius 1 is 0.929 bits per heavy atom. The van der Waals surface area contributed by atoms with Gasteiger partial charge in [-0.15, -0.1) is 0 Å². The highest BCUT2D eigenvalue weighted by Gasteiger charge is 2.47. The van der Waals surface area contributed by atoms with Gasteiger partial charge in [-0.1, -0.05) is 11.1 Å². The third-order valence-electron chi connectivity index (χ3n) is 4.95. The molecule has 0 amide bonds. The molecule has 2 N–H and O–H groups in total. The van der Waals surface area contributed by atoms with Crippen LogP contribution in [-0.2, 0) is 0 Å². The third-order valence-corrected chi connectivity index (χ3v) is 4.95. The van der Waals surface area contributed by atoms with Crippen molar-refractivity contribution in [1.82, 2.24) is 0 Å². The molecule has 0 aromatic heterocycles. The minimum Gasteiger partial charge on any atom is -0.327 e. The van der Waals surface area contributed by atoms with E-state index in [-0.39, 0.29) is 0 Å². The van der Waals surface area contributed by atoms with Crippen molar-refractivity contribution in [2.24, 2.45) is 17.6 Å². The molecule has 0 heterocycles. The summed E-state index contributed by atoms with van der Waals surface area (Å²) in [5, 5.41) is 0. The molecule has 4 aliphatic carbocycles. The molecule has 1 heteroatoms. The smallest absolute Gasteiger partial charge is 0.0105 e. The van der Waals surface area contributed by atoms with E-state index in [4.69, 9.17) is 5.73 Å². The van der Waals surface area contributed by atoms with Crippen molar-refractivity contribution in [3.63, 3.8) is 0 Å². The maximum absolute atomic E-state index is 6.23. The number of hydrogen-bond donors (Lipinski definition) is 1. The average Bonchev–Trinajstić information content (AvgIpc) is 2.60. The molecule has 74 valence electrons. The van der Waals surface area contributed by atoms with Gasteiger partial charge >= 0.3 is 0 Å². The van der Waals surface area contributed by atoms with E-state index in [2.05, 4.69) is 0 Å². The van der Waals surface area contributed by atoms with Crippen molar-refractivity contribution in [1.29, 1.82) is 0 Å². The van der Waals surface area contributed by atoms with Crippen molar-refractivity contribution in [2.45, 2.75) is 44.6 Å². The minimum atomic E-state index is 0.484. The van der Waals surface area contributed by atoms with Crippen molar-refractivity contribution in [2.75, 3.05) is 0 Å². The van der Waals surface area contributed by atoms with Crippen molar-refractivity contribution in [3.05, 3.63) is 22.3 Å². The van der Waals surface area contributed by atoms with E-state index in [0.717, 1.165) is 11.8 Å². The highest BCUT2D eigenvalue weighted by Crippen LogP contribution is 2.59. The fourth-order valence-corrected chi connectivity index (χ4v) is 4.26. The third kappa shape index (κ3) is 0.692. The van der Waals surface area contributed by atoms with Crippen molar-refractivity contribution >= 4 is 0 Å². The first kappa shape index (κ1) is 7.70. The zero-order valence-electron chi connectivity index (χ0n) is 8.55. The van der Waals surface area contributed by atoms with Crippen LogP contribution in [0.15, 0.2) is 22.3 Å². The molecule has 1 saturated carbocycles. The van der Waals surface area contributed by atoms with E-state index < -0.39 is 0 Å². The largest absolute Gasteiger partial charge is 0.327 e. The first-order chi connectivity index (χ1) is 6.86. The number of fused-ring (bicyclic) bond motifs is 2. The Kier molecular flexibility index (Phi) is 1.28. The van der Waals surface area contributed by atoms with Gasteiger partial charge in [0, 0.05) is 12.0 Å². The van der Waals surface area contributed by atoms with E-state index in [9.17, 15) is 0 Å². The average molecular weight is 187 g/mol. The molecule has 0 bridgehead atoms. The molecule has 0 saturated heterocycles. The topological polar surface area (TPSA) is 26.0 Å². The van der Waals surface area contributed by atoms with Crippen LogP contribution in [0.1, 0.15) is 38.5 Å². The quantitative estimate of drug-likeness (QED) is 0.619. The highest BCUT2D eigenvalue weighted by molar-refractivity contribution is 5.58. The molecular formula is C13H17N. The first-order valence-electron chi connectivity index (χ1n) is 6.07. The molecule has 1 nitrogen and oxygen atoms in total. The van der Waals surface area contributed by atoms with Gasteiger partial charge in [-0.3, -0.25) is 0 Å². The molecule has 4 rings (SSSR count). The second-order valence-electron chi connectivity index (χ2n) is 5.38. The summed E-state index contributed by atoms with van der Waals surface area (Å²) in [5.74, 6) is 1.65. The first-order valence-corrected chi connectivity index (χ1v) is 6.07.